The van der Waals surface area contributed by atoms with Crippen molar-refractivity contribution in [2.24, 2.45) is 0 Å². The topological polar surface area (TPSA) is 66.5 Å². The number of sulfonamides is 1. The molecule has 0 atom stereocenters. The van der Waals surface area contributed by atoms with Gasteiger partial charge in [0, 0.05) is 25.7 Å². The third-order valence-corrected chi connectivity index (χ3v) is 6.10. The zero-order chi connectivity index (χ0) is 19.2. The molecule has 2 aromatic carbocycles. The smallest absolute Gasteiger partial charge is 0.251 e. The first-order valence-corrected chi connectivity index (χ1v) is 10.2. The quantitative estimate of drug-likeness (QED) is 0.771. The highest BCUT2D eigenvalue weighted by atomic mass is 32.2. The Morgan fingerprint density at radius 1 is 1.04 bits per heavy atom. The number of aryl methyl sites for hydroxylation is 1. The van der Waals surface area contributed by atoms with Crippen LogP contribution in [0.25, 0.3) is 0 Å². The molecule has 0 unspecified atom stereocenters. The summed E-state index contributed by atoms with van der Waals surface area (Å²) in [4.78, 5) is 12.5. The number of amides is 1. The number of carbonyl (C=O) groups is 1. The molecular weight excluding hydrogens is 348 g/mol. The van der Waals surface area contributed by atoms with E-state index in [0.29, 0.717) is 18.7 Å². The molecule has 0 aliphatic heterocycles. The minimum atomic E-state index is -3.51. The van der Waals surface area contributed by atoms with Gasteiger partial charge in [-0.2, -0.15) is 0 Å². The van der Waals surface area contributed by atoms with Gasteiger partial charge >= 0.3 is 0 Å². The molecule has 0 aliphatic rings. The highest BCUT2D eigenvalue weighted by molar-refractivity contribution is 7.89. The van der Waals surface area contributed by atoms with Crippen molar-refractivity contribution in [3.63, 3.8) is 0 Å². The monoisotopic (exact) mass is 374 g/mol. The van der Waals surface area contributed by atoms with Crippen LogP contribution in [0.2, 0.25) is 0 Å². The normalized spacial score (nSPS) is 11.5. The van der Waals surface area contributed by atoms with Gasteiger partial charge in [-0.25, -0.2) is 12.7 Å². The molecule has 1 N–H and O–H groups in total. The number of nitrogens with one attached hydrogen (secondary N) is 1. The Bertz CT molecular complexity index is 828. The van der Waals surface area contributed by atoms with Crippen LogP contribution in [0.4, 0.5) is 0 Å². The molecule has 0 saturated heterocycles. The maximum absolute atomic E-state index is 12.5. The third kappa shape index (κ3) is 5.16. The lowest BCUT2D eigenvalue weighted by atomic mass is 10.1. The summed E-state index contributed by atoms with van der Waals surface area (Å²) >= 11 is 0. The fourth-order valence-electron chi connectivity index (χ4n) is 2.45. The van der Waals surface area contributed by atoms with Crippen molar-refractivity contribution in [2.45, 2.75) is 38.1 Å². The van der Waals surface area contributed by atoms with Crippen LogP contribution >= 0.6 is 0 Å². The van der Waals surface area contributed by atoms with E-state index in [9.17, 15) is 13.2 Å². The molecule has 140 valence electrons. The van der Waals surface area contributed by atoms with Crippen molar-refractivity contribution in [3.8, 4) is 0 Å². The Morgan fingerprint density at radius 2 is 1.65 bits per heavy atom. The van der Waals surface area contributed by atoms with Gasteiger partial charge in [0.05, 0.1) is 4.90 Å². The Kier molecular flexibility index (Phi) is 6.94. The summed E-state index contributed by atoms with van der Waals surface area (Å²) in [6, 6.07) is 14.0. The van der Waals surface area contributed by atoms with E-state index in [1.807, 2.05) is 38.1 Å². The molecule has 2 rings (SSSR count). The van der Waals surface area contributed by atoms with Crippen LogP contribution in [0.5, 0.6) is 0 Å². The molecule has 0 saturated carbocycles. The second kappa shape index (κ2) is 8.96. The van der Waals surface area contributed by atoms with Crippen LogP contribution in [0, 0.1) is 6.92 Å². The molecule has 1 amide bonds. The zero-order valence-corrected chi connectivity index (χ0v) is 16.3. The van der Waals surface area contributed by atoms with Crippen molar-refractivity contribution < 1.29 is 13.2 Å². The molecule has 2 aromatic rings. The number of carbonyl (C=O) groups excluding carboxylic acids is 1. The van der Waals surface area contributed by atoms with Gasteiger partial charge in [0.1, 0.15) is 0 Å². The largest absolute Gasteiger partial charge is 0.348 e. The maximum Gasteiger partial charge on any atom is 0.251 e. The standard InChI is InChI=1S/C20H26N2O3S/c1-4-5-14-22(3)26(24,25)19-12-10-18(11-13-19)20(23)21-15-17-8-6-16(2)7-9-17/h6-13H,4-5,14-15H2,1-3H3,(H,21,23). The fourth-order valence-corrected chi connectivity index (χ4v) is 3.66. The molecule has 6 heteroatoms. The summed E-state index contributed by atoms with van der Waals surface area (Å²) in [6.07, 6.45) is 1.75. The highest BCUT2D eigenvalue weighted by Gasteiger charge is 2.20. The lowest BCUT2D eigenvalue weighted by Gasteiger charge is -2.17. The van der Waals surface area contributed by atoms with Crippen molar-refractivity contribution in [1.29, 1.82) is 0 Å². The molecule has 0 bridgehead atoms. The van der Waals surface area contributed by atoms with Crippen LogP contribution in [0.3, 0.4) is 0 Å². The third-order valence-electron chi connectivity index (χ3n) is 4.22. The van der Waals surface area contributed by atoms with Gasteiger partial charge in [0.25, 0.3) is 5.91 Å². The summed E-state index contributed by atoms with van der Waals surface area (Å²) in [5, 5.41) is 2.84. The summed E-state index contributed by atoms with van der Waals surface area (Å²) in [7, 11) is -1.93. The van der Waals surface area contributed by atoms with Crippen LogP contribution in [-0.2, 0) is 16.6 Å². The zero-order valence-electron chi connectivity index (χ0n) is 15.5. The van der Waals surface area contributed by atoms with E-state index < -0.39 is 10.0 Å². The van der Waals surface area contributed by atoms with Crippen LogP contribution in [0.1, 0.15) is 41.3 Å². The second-order valence-electron chi connectivity index (χ2n) is 6.37. The predicted molar refractivity (Wildman–Crippen MR) is 104 cm³/mol. The molecule has 0 aromatic heterocycles. The summed E-state index contributed by atoms with van der Waals surface area (Å²) < 4.78 is 26.3. The first-order chi connectivity index (χ1) is 12.3. The first-order valence-electron chi connectivity index (χ1n) is 8.74. The van der Waals surface area contributed by atoms with Crippen molar-refractivity contribution in [2.75, 3.05) is 13.6 Å². The number of unbranched alkanes of at least 4 members (excludes halogenated alkanes) is 1. The Hall–Kier alpha value is -2.18. The van der Waals surface area contributed by atoms with E-state index in [-0.39, 0.29) is 10.8 Å². The number of benzene rings is 2. The van der Waals surface area contributed by atoms with Gasteiger partial charge in [0.15, 0.2) is 0 Å². The van der Waals surface area contributed by atoms with E-state index in [0.717, 1.165) is 18.4 Å². The SMILES string of the molecule is CCCCN(C)S(=O)(=O)c1ccc(C(=O)NCc2ccc(C)cc2)cc1. The van der Waals surface area contributed by atoms with E-state index in [4.69, 9.17) is 0 Å². The van der Waals surface area contributed by atoms with Crippen LogP contribution in [-0.4, -0.2) is 32.2 Å². The number of nitrogens with zero attached hydrogens (tertiary/aromatic N) is 1. The Labute approximate surface area is 156 Å². The second-order valence-corrected chi connectivity index (χ2v) is 8.42. The lowest BCUT2D eigenvalue weighted by molar-refractivity contribution is 0.0951. The molecule has 0 radical (unpaired) electrons. The summed E-state index contributed by atoms with van der Waals surface area (Å²) in [5.41, 5.74) is 2.62. The van der Waals surface area contributed by atoms with Gasteiger partial charge in [-0.05, 0) is 43.2 Å². The maximum atomic E-state index is 12.5. The lowest BCUT2D eigenvalue weighted by Crippen LogP contribution is -2.28. The van der Waals surface area contributed by atoms with E-state index in [2.05, 4.69) is 5.32 Å². The fraction of sp³-hybridized carbons (Fsp3) is 0.350. The van der Waals surface area contributed by atoms with Gasteiger partial charge in [-0.15, -0.1) is 0 Å². The summed E-state index contributed by atoms with van der Waals surface area (Å²) in [5.74, 6) is -0.228. The molecule has 0 aliphatic carbocycles. The summed E-state index contributed by atoms with van der Waals surface area (Å²) in [6.45, 7) is 4.94. The average Bonchev–Trinajstić information content (AvgIpc) is 2.65. The Balaban J connectivity index is 2.01. The van der Waals surface area contributed by atoms with Gasteiger partial charge in [-0.3, -0.25) is 4.79 Å². The number of hydrogen-bond donors (Lipinski definition) is 1. The minimum absolute atomic E-state index is 0.200. The van der Waals surface area contributed by atoms with Gasteiger partial charge in [-0.1, -0.05) is 43.2 Å². The highest BCUT2D eigenvalue weighted by Crippen LogP contribution is 2.16. The van der Waals surface area contributed by atoms with Gasteiger partial charge < -0.3 is 5.32 Å². The molecule has 0 spiro atoms. The predicted octanol–water partition coefficient (Wildman–Crippen LogP) is 3.35. The first kappa shape index (κ1) is 20.1. The minimum Gasteiger partial charge on any atom is -0.348 e. The van der Waals surface area contributed by atoms with Crippen LogP contribution in [0.15, 0.2) is 53.4 Å². The van der Waals surface area contributed by atoms with E-state index in [1.165, 1.54) is 22.0 Å². The van der Waals surface area contributed by atoms with Crippen molar-refractivity contribution in [1.82, 2.24) is 9.62 Å². The molecule has 5 nitrogen and oxygen atoms in total. The molecular formula is C20H26N2O3S. The van der Waals surface area contributed by atoms with E-state index >= 15 is 0 Å². The van der Waals surface area contributed by atoms with Crippen LogP contribution < -0.4 is 5.32 Å². The Morgan fingerprint density at radius 3 is 2.23 bits per heavy atom. The van der Waals surface area contributed by atoms with Gasteiger partial charge in [0.2, 0.25) is 10.0 Å². The molecule has 26 heavy (non-hydrogen) atoms. The molecule has 0 heterocycles. The average molecular weight is 375 g/mol. The molecule has 0 fully saturated rings. The number of hydrogen-bond acceptors (Lipinski definition) is 3. The van der Waals surface area contributed by atoms with Crippen molar-refractivity contribution in [3.05, 3.63) is 65.2 Å². The van der Waals surface area contributed by atoms with E-state index in [1.54, 1.807) is 19.2 Å². The van der Waals surface area contributed by atoms with Crippen molar-refractivity contribution >= 4 is 15.9 Å². The number of rotatable bonds is 8.